The van der Waals surface area contributed by atoms with Crippen molar-refractivity contribution in [3.05, 3.63) is 44.2 Å². The highest BCUT2D eigenvalue weighted by Gasteiger charge is 2.18. The van der Waals surface area contributed by atoms with Crippen LogP contribution in [-0.2, 0) is 11.8 Å². The van der Waals surface area contributed by atoms with Crippen molar-refractivity contribution in [3.8, 4) is 0 Å². The van der Waals surface area contributed by atoms with E-state index in [-0.39, 0.29) is 5.56 Å². The Morgan fingerprint density at radius 1 is 1.25 bits per heavy atom. The summed E-state index contributed by atoms with van der Waals surface area (Å²) >= 11 is 3.66. The molecule has 1 aromatic carbocycles. The van der Waals surface area contributed by atoms with Crippen molar-refractivity contribution in [2.24, 2.45) is 7.05 Å². The lowest BCUT2D eigenvalue weighted by atomic mass is 9.91. The van der Waals surface area contributed by atoms with E-state index in [0.717, 1.165) is 47.0 Å². The Labute approximate surface area is 126 Å². The van der Waals surface area contributed by atoms with Gasteiger partial charge in [0.2, 0.25) is 0 Å². The van der Waals surface area contributed by atoms with Crippen LogP contribution in [0.25, 0.3) is 10.9 Å². The highest BCUT2D eigenvalue weighted by Crippen LogP contribution is 2.33. The number of pyridine rings is 1. The number of fused-ring (bicyclic) bond motifs is 1. The van der Waals surface area contributed by atoms with Crippen molar-refractivity contribution >= 4 is 26.8 Å². The van der Waals surface area contributed by atoms with E-state index in [1.54, 1.807) is 4.57 Å². The molecule has 0 radical (unpaired) electrons. The van der Waals surface area contributed by atoms with Crippen LogP contribution in [0.3, 0.4) is 0 Å². The van der Waals surface area contributed by atoms with E-state index in [0.29, 0.717) is 5.92 Å². The normalized spacial score (nSPS) is 16.8. The molecule has 0 unspecified atom stereocenters. The minimum atomic E-state index is 0.0773. The maximum Gasteiger partial charge on any atom is 0.253 e. The predicted molar refractivity (Wildman–Crippen MR) is 84.4 cm³/mol. The third-order valence-electron chi connectivity index (χ3n) is 4.19. The first kappa shape index (κ1) is 13.8. The molecule has 20 heavy (non-hydrogen) atoms. The number of nitrogens with zero attached hydrogens (tertiary/aromatic N) is 1. The molecular weight excluding hydrogens is 318 g/mol. The van der Waals surface area contributed by atoms with E-state index < -0.39 is 0 Å². The molecule has 106 valence electrons. The largest absolute Gasteiger partial charge is 0.381 e. The van der Waals surface area contributed by atoms with Crippen molar-refractivity contribution in [2.75, 3.05) is 13.2 Å². The second kappa shape index (κ2) is 5.34. The molecule has 1 aromatic heterocycles. The van der Waals surface area contributed by atoms with Gasteiger partial charge in [-0.2, -0.15) is 0 Å². The Morgan fingerprint density at radius 2 is 1.95 bits per heavy atom. The van der Waals surface area contributed by atoms with E-state index in [1.807, 2.05) is 20.0 Å². The van der Waals surface area contributed by atoms with Crippen LogP contribution in [-0.4, -0.2) is 17.8 Å². The van der Waals surface area contributed by atoms with Gasteiger partial charge in [0.25, 0.3) is 5.56 Å². The average Bonchev–Trinajstić information content (AvgIpc) is 2.47. The first-order valence-corrected chi connectivity index (χ1v) is 7.75. The van der Waals surface area contributed by atoms with Gasteiger partial charge in [-0.05, 0) is 49.4 Å². The van der Waals surface area contributed by atoms with Crippen LogP contribution >= 0.6 is 15.9 Å². The number of hydrogen-bond donors (Lipinski definition) is 0. The molecule has 0 N–H and O–H groups in total. The lowest BCUT2D eigenvalue weighted by Crippen LogP contribution is -2.20. The molecule has 1 fully saturated rings. The van der Waals surface area contributed by atoms with E-state index in [2.05, 4.69) is 28.1 Å². The van der Waals surface area contributed by atoms with Crippen LogP contribution in [0, 0.1) is 6.92 Å². The zero-order valence-electron chi connectivity index (χ0n) is 11.8. The summed E-state index contributed by atoms with van der Waals surface area (Å²) in [5.41, 5.74) is 3.15. The molecule has 0 amide bonds. The van der Waals surface area contributed by atoms with Gasteiger partial charge in [-0.3, -0.25) is 4.79 Å². The van der Waals surface area contributed by atoms with Crippen molar-refractivity contribution in [1.29, 1.82) is 0 Å². The SMILES string of the molecule is Cc1cc2c(Br)cc(C3CCOCC3)cc2n(C)c1=O. The molecule has 0 saturated carbocycles. The van der Waals surface area contributed by atoms with Gasteiger partial charge >= 0.3 is 0 Å². The third-order valence-corrected chi connectivity index (χ3v) is 4.84. The van der Waals surface area contributed by atoms with E-state index in [1.165, 1.54) is 5.56 Å². The van der Waals surface area contributed by atoms with E-state index >= 15 is 0 Å². The number of rotatable bonds is 1. The first-order valence-electron chi connectivity index (χ1n) is 6.95. The third kappa shape index (κ3) is 2.31. The molecule has 1 aliphatic heterocycles. The summed E-state index contributed by atoms with van der Waals surface area (Å²) in [6.07, 6.45) is 2.11. The lowest BCUT2D eigenvalue weighted by Gasteiger charge is -2.23. The number of halogens is 1. The lowest BCUT2D eigenvalue weighted by molar-refractivity contribution is 0.0853. The molecule has 3 nitrogen and oxygen atoms in total. The number of hydrogen-bond acceptors (Lipinski definition) is 2. The second-order valence-corrected chi connectivity index (χ2v) is 6.37. The van der Waals surface area contributed by atoms with Gasteiger partial charge in [0.1, 0.15) is 0 Å². The Hall–Kier alpha value is -1.13. The Balaban J connectivity index is 2.20. The van der Waals surface area contributed by atoms with Gasteiger partial charge in [-0.15, -0.1) is 0 Å². The topological polar surface area (TPSA) is 31.2 Å². The van der Waals surface area contributed by atoms with Gasteiger partial charge in [-0.1, -0.05) is 15.9 Å². The molecular formula is C16H18BrNO2. The standard InChI is InChI=1S/C16H18BrNO2/c1-10-7-13-14(17)8-12(11-3-5-20-6-4-11)9-15(13)18(2)16(10)19/h7-9,11H,3-6H2,1-2H3. The first-order chi connectivity index (χ1) is 9.58. The Morgan fingerprint density at radius 3 is 2.65 bits per heavy atom. The van der Waals surface area contributed by atoms with Crippen LogP contribution < -0.4 is 5.56 Å². The predicted octanol–water partition coefficient (Wildman–Crippen LogP) is 3.50. The number of benzene rings is 1. The summed E-state index contributed by atoms with van der Waals surface area (Å²) < 4.78 is 8.24. The molecule has 4 heteroatoms. The van der Waals surface area contributed by atoms with Crippen LogP contribution in [0.4, 0.5) is 0 Å². The fraction of sp³-hybridized carbons (Fsp3) is 0.438. The fourth-order valence-corrected chi connectivity index (χ4v) is 3.54. The zero-order chi connectivity index (χ0) is 14.3. The number of aromatic nitrogens is 1. The van der Waals surface area contributed by atoms with Crippen LogP contribution in [0.5, 0.6) is 0 Å². The molecule has 2 heterocycles. The van der Waals surface area contributed by atoms with Gasteiger partial charge in [0, 0.05) is 35.7 Å². The molecule has 0 aliphatic carbocycles. The molecule has 0 spiro atoms. The molecule has 1 saturated heterocycles. The quantitative estimate of drug-likeness (QED) is 0.798. The van der Waals surface area contributed by atoms with Crippen molar-refractivity contribution in [2.45, 2.75) is 25.7 Å². The molecule has 3 rings (SSSR count). The highest BCUT2D eigenvalue weighted by atomic mass is 79.9. The highest BCUT2D eigenvalue weighted by molar-refractivity contribution is 9.10. The summed E-state index contributed by atoms with van der Waals surface area (Å²) in [6.45, 7) is 3.51. The average molecular weight is 336 g/mol. The van der Waals surface area contributed by atoms with Crippen LogP contribution in [0.1, 0.15) is 29.9 Å². The molecule has 1 aliphatic rings. The zero-order valence-corrected chi connectivity index (χ0v) is 13.4. The summed E-state index contributed by atoms with van der Waals surface area (Å²) in [6, 6.07) is 6.33. The smallest absolute Gasteiger partial charge is 0.253 e. The van der Waals surface area contributed by atoms with Crippen molar-refractivity contribution in [3.63, 3.8) is 0 Å². The van der Waals surface area contributed by atoms with Gasteiger partial charge in [-0.25, -0.2) is 0 Å². The van der Waals surface area contributed by atoms with Gasteiger partial charge in [0.05, 0.1) is 5.52 Å². The molecule has 2 aromatic rings. The molecule has 0 bridgehead atoms. The monoisotopic (exact) mass is 335 g/mol. The van der Waals surface area contributed by atoms with Crippen LogP contribution in [0.15, 0.2) is 27.5 Å². The van der Waals surface area contributed by atoms with E-state index in [4.69, 9.17) is 4.74 Å². The second-order valence-electron chi connectivity index (χ2n) is 5.51. The van der Waals surface area contributed by atoms with Gasteiger partial charge in [0.15, 0.2) is 0 Å². The van der Waals surface area contributed by atoms with E-state index in [9.17, 15) is 4.79 Å². The fourth-order valence-electron chi connectivity index (χ4n) is 2.96. The van der Waals surface area contributed by atoms with Crippen LogP contribution in [0.2, 0.25) is 0 Å². The van der Waals surface area contributed by atoms with Crippen molar-refractivity contribution < 1.29 is 4.74 Å². The summed E-state index contributed by atoms with van der Waals surface area (Å²) in [5, 5.41) is 1.10. The van der Waals surface area contributed by atoms with Gasteiger partial charge < -0.3 is 9.30 Å². The summed E-state index contributed by atoms with van der Waals surface area (Å²) in [7, 11) is 1.85. The maximum absolute atomic E-state index is 12.1. The summed E-state index contributed by atoms with van der Waals surface area (Å²) in [5.74, 6) is 0.529. The molecule has 0 atom stereocenters. The Kier molecular flexibility index (Phi) is 3.69. The summed E-state index contributed by atoms with van der Waals surface area (Å²) in [4.78, 5) is 12.1. The minimum Gasteiger partial charge on any atom is -0.381 e. The minimum absolute atomic E-state index is 0.0773. The van der Waals surface area contributed by atoms with Crippen molar-refractivity contribution in [1.82, 2.24) is 4.57 Å². The maximum atomic E-state index is 12.1. The number of ether oxygens (including phenoxy) is 1. The Bertz CT molecular complexity index is 714. The number of aryl methyl sites for hydroxylation is 2.